The molecule has 1 heterocycles. The molecule has 0 saturated carbocycles. The zero-order chi connectivity index (χ0) is 12.3. The molecule has 8 nitrogen and oxygen atoms in total. The highest BCUT2D eigenvalue weighted by atomic mass is 35.5. The Kier molecular flexibility index (Phi) is 3.56. The number of nitrogens with zero attached hydrogens (tertiary/aromatic N) is 3. The number of carboxylic acid groups (broad SMARTS) is 1. The fourth-order valence-corrected chi connectivity index (χ4v) is 0.895. The van der Waals surface area contributed by atoms with Crippen LogP contribution in [0.15, 0.2) is 6.20 Å². The van der Waals surface area contributed by atoms with E-state index in [-0.39, 0.29) is 5.28 Å². The molecule has 86 valence electrons. The van der Waals surface area contributed by atoms with Crippen LogP contribution in [-0.4, -0.2) is 32.1 Å². The third-order valence-electron chi connectivity index (χ3n) is 1.54. The molecular weight excluding hydrogens is 242 g/mol. The second-order valence-corrected chi connectivity index (χ2v) is 3.02. The minimum absolute atomic E-state index is 0.266. The van der Waals surface area contributed by atoms with Crippen molar-refractivity contribution in [3.8, 4) is 5.88 Å². The summed E-state index contributed by atoms with van der Waals surface area (Å²) >= 11 is 5.41. The van der Waals surface area contributed by atoms with Crippen molar-refractivity contribution in [3.63, 3.8) is 0 Å². The lowest BCUT2D eigenvalue weighted by Crippen LogP contribution is -2.23. The molecule has 1 rings (SSSR count). The van der Waals surface area contributed by atoms with Crippen LogP contribution in [-0.2, 0) is 4.79 Å². The van der Waals surface area contributed by atoms with Crippen LogP contribution in [0.1, 0.15) is 6.92 Å². The van der Waals surface area contributed by atoms with Crippen molar-refractivity contribution in [3.05, 3.63) is 21.6 Å². The quantitative estimate of drug-likeness (QED) is 0.477. The van der Waals surface area contributed by atoms with Crippen LogP contribution in [0.2, 0.25) is 5.28 Å². The Bertz CT molecular complexity index is 438. The minimum Gasteiger partial charge on any atom is -0.479 e. The molecule has 16 heavy (non-hydrogen) atoms. The molecule has 0 aromatic carbocycles. The normalized spacial score (nSPS) is 11.9. The zero-order valence-electron chi connectivity index (χ0n) is 7.95. The summed E-state index contributed by atoms with van der Waals surface area (Å²) in [5.74, 6) is -1.75. The molecule has 0 spiro atoms. The molecule has 0 amide bonds. The van der Waals surface area contributed by atoms with Crippen LogP contribution in [0.3, 0.4) is 0 Å². The molecule has 0 aliphatic rings. The van der Waals surface area contributed by atoms with Gasteiger partial charge in [-0.15, -0.1) is 0 Å². The van der Waals surface area contributed by atoms with Gasteiger partial charge in [0.05, 0.1) is 4.92 Å². The van der Waals surface area contributed by atoms with Crippen LogP contribution in [0, 0.1) is 10.1 Å². The number of nitro groups is 1. The van der Waals surface area contributed by atoms with Crippen LogP contribution in [0.5, 0.6) is 5.88 Å². The Morgan fingerprint density at radius 3 is 2.88 bits per heavy atom. The van der Waals surface area contributed by atoms with Crippen molar-refractivity contribution in [2.75, 3.05) is 0 Å². The summed E-state index contributed by atoms with van der Waals surface area (Å²) in [7, 11) is 0. The standard InChI is InChI=1S/C7H6ClN3O5/c1-3(6(12)13)16-5-4(11(14)15)2-9-7(8)10-5/h2-3H,1H3,(H,12,13). The third kappa shape index (κ3) is 2.76. The van der Waals surface area contributed by atoms with Gasteiger partial charge in [0.1, 0.15) is 6.20 Å². The molecule has 0 aliphatic carbocycles. The summed E-state index contributed by atoms with van der Waals surface area (Å²) in [4.78, 5) is 27.1. The van der Waals surface area contributed by atoms with E-state index in [4.69, 9.17) is 21.4 Å². The molecule has 1 aromatic rings. The molecule has 1 aromatic heterocycles. The summed E-state index contributed by atoms with van der Waals surface area (Å²) in [6, 6.07) is 0. The van der Waals surface area contributed by atoms with Crippen molar-refractivity contribution < 1.29 is 19.6 Å². The summed E-state index contributed by atoms with van der Waals surface area (Å²) < 4.78 is 4.77. The fraction of sp³-hybridized carbons (Fsp3) is 0.286. The molecule has 0 aliphatic heterocycles. The highest BCUT2D eigenvalue weighted by Crippen LogP contribution is 2.25. The van der Waals surface area contributed by atoms with E-state index in [1.807, 2.05) is 0 Å². The lowest BCUT2D eigenvalue weighted by Gasteiger charge is -2.08. The summed E-state index contributed by atoms with van der Waals surface area (Å²) in [5, 5.41) is 18.8. The van der Waals surface area contributed by atoms with Gasteiger partial charge in [-0.25, -0.2) is 9.78 Å². The second-order valence-electron chi connectivity index (χ2n) is 2.68. The molecule has 0 fully saturated rings. The van der Waals surface area contributed by atoms with Crippen molar-refractivity contribution in [2.24, 2.45) is 0 Å². The van der Waals surface area contributed by atoms with E-state index >= 15 is 0 Å². The van der Waals surface area contributed by atoms with E-state index in [0.717, 1.165) is 6.20 Å². The largest absolute Gasteiger partial charge is 0.479 e. The maximum atomic E-state index is 10.5. The number of hydrogen-bond donors (Lipinski definition) is 1. The Balaban J connectivity index is 3.05. The number of carbonyl (C=O) groups is 1. The third-order valence-corrected chi connectivity index (χ3v) is 1.72. The molecule has 1 atom stereocenters. The van der Waals surface area contributed by atoms with Gasteiger partial charge in [-0.1, -0.05) is 0 Å². The van der Waals surface area contributed by atoms with E-state index in [9.17, 15) is 14.9 Å². The lowest BCUT2D eigenvalue weighted by molar-refractivity contribution is -0.386. The van der Waals surface area contributed by atoms with Gasteiger partial charge in [-0.05, 0) is 18.5 Å². The van der Waals surface area contributed by atoms with E-state index in [1.165, 1.54) is 6.92 Å². The molecule has 0 saturated heterocycles. The average molecular weight is 248 g/mol. The molecule has 9 heteroatoms. The van der Waals surface area contributed by atoms with Crippen molar-refractivity contribution in [2.45, 2.75) is 13.0 Å². The van der Waals surface area contributed by atoms with Gasteiger partial charge in [-0.3, -0.25) is 10.1 Å². The van der Waals surface area contributed by atoms with Gasteiger partial charge in [0.2, 0.25) is 5.28 Å². The lowest BCUT2D eigenvalue weighted by atomic mass is 10.4. The Morgan fingerprint density at radius 1 is 1.75 bits per heavy atom. The highest BCUT2D eigenvalue weighted by Gasteiger charge is 2.23. The number of carboxylic acids is 1. The first kappa shape index (κ1) is 12.1. The minimum atomic E-state index is -1.27. The topological polar surface area (TPSA) is 115 Å². The van der Waals surface area contributed by atoms with E-state index in [2.05, 4.69) is 9.97 Å². The second kappa shape index (κ2) is 4.71. The smallest absolute Gasteiger partial charge is 0.349 e. The SMILES string of the molecule is CC(Oc1nc(Cl)ncc1[N+](=O)[O-])C(=O)O. The number of aromatic nitrogens is 2. The number of rotatable bonds is 4. The van der Waals surface area contributed by atoms with Gasteiger partial charge in [-0.2, -0.15) is 4.98 Å². The van der Waals surface area contributed by atoms with Crippen LogP contribution in [0.4, 0.5) is 5.69 Å². The van der Waals surface area contributed by atoms with Crippen LogP contribution in [0.25, 0.3) is 0 Å². The van der Waals surface area contributed by atoms with E-state index in [0.29, 0.717) is 0 Å². The summed E-state index contributed by atoms with van der Waals surface area (Å²) in [6.07, 6.45) is -0.427. The van der Waals surface area contributed by atoms with Crippen molar-refractivity contribution in [1.29, 1.82) is 0 Å². The summed E-state index contributed by atoms with van der Waals surface area (Å²) in [6.45, 7) is 1.21. The van der Waals surface area contributed by atoms with Gasteiger partial charge >= 0.3 is 11.7 Å². The average Bonchev–Trinajstić information content (AvgIpc) is 2.16. The van der Waals surface area contributed by atoms with Gasteiger partial charge < -0.3 is 9.84 Å². The van der Waals surface area contributed by atoms with E-state index in [1.54, 1.807) is 0 Å². The molecule has 0 radical (unpaired) electrons. The zero-order valence-corrected chi connectivity index (χ0v) is 8.71. The Labute approximate surface area is 94.0 Å². The van der Waals surface area contributed by atoms with Crippen LogP contribution >= 0.6 is 11.6 Å². The highest BCUT2D eigenvalue weighted by molar-refractivity contribution is 6.28. The van der Waals surface area contributed by atoms with Crippen molar-refractivity contribution in [1.82, 2.24) is 9.97 Å². The number of ether oxygens (including phenoxy) is 1. The molecule has 1 unspecified atom stereocenters. The maximum absolute atomic E-state index is 10.5. The van der Waals surface area contributed by atoms with Crippen LogP contribution < -0.4 is 4.74 Å². The number of aliphatic carboxylic acids is 1. The fourth-order valence-electron chi connectivity index (χ4n) is 0.769. The van der Waals surface area contributed by atoms with Gasteiger partial charge in [0.25, 0.3) is 5.88 Å². The van der Waals surface area contributed by atoms with Gasteiger partial charge in [0, 0.05) is 0 Å². The van der Waals surface area contributed by atoms with E-state index < -0.39 is 28.6 Å². The molecule has 1 N–H and O–H groups in total. The monoisotopic (exact) mass is 247 g/mol. The molecular formula is C7H6ClN3O5. The first-order chi connectivity index (χ1) is 7.41. The predicted molar refractivity (Wildman–Crippen MR) is 51.4 cm³/mol. The Hall–Kier alpha value is -1.96. The number of halogens is 1. The predicted octanol–water partition coefficient (Wildman–Crippen LogP) is 0.890. The first-order valence-corrected chi connectivity index (χ1v) is 4.36. The van der Waals surface area contributed by atoms with Gasteiger partial charge in [0.15, 0.2) is 6.10 Å². The Morgan fingerprint density at radius 2 is 2.38 bits per heavy atom. The summed E-state index contributed by atoms with van der Waals surface area (Å²) in [5.41, 5.74) is -0.544. The maximum Gasteiger partial charge on any atom is 0.349 e. The number of hydrogen-bond acceptors (Lipinski definition) is 6. The van der Waals surface area contributed by atoms with Crippen molar-refractivity contribution >= 4 is 23.3 Å². The first-order valence-electron chi connectivity index (χ1n) is 3.98. The molecule has 0 bridgehead atoms.